The van der Waals surface area contributed by atoms with Gasteiger partial charge in [-0.15, -0.1) is 0 Å². The van der Waals surface area contributed by atoms with E-state index in [4.69, 9.17) is 14.9 Å². The summed E-state index contributed by atoms with van der Waals surface area (Å²) in [4.78, 5) is 34.0. The Bertz CT molecular complexity index is 1570. The minimum absolute atomic E-state index is 0.0292. The molecule has 5 rings (SSSR count). The number of amides is 1. The first-order valence-electron chi connectivity index (χ1n) is 10.9. The van der Waals surface area contributed by atoms with Crippen molar-refractivity contribution in [3.05, 3.63) is 56.5 Å². The van der Waals surface area contributed by atoms with Crippen molar-refractivity contribution in [1.82, 2.24) is 19.6 Å². The molecule has 4 heterocycles. The molecule has 1 amide bonds. The highest BCUT2D eigenvalue weighted by atomic mass is 32.2. The van der Waals surface area contributed by atoms with Gasteiger partial charge in [0.15, 0.2) is 17.3 Å². The summed E-state index contributed by atoms with van der Waals surface area (Å²) in [6, 6.07) is 6.52. The van der Waals surface area contributed by atoms with Gasteiger partial charge < -0.3 is 9.47 Å². The third-order valence-corrected chi connectivity index (χ3v) is 7.27. The summed E-state index contributed by atoms with van der Waals surface area (Å²) < 4.78 is 12.6. The lowest BCUT2D eigenvalue weighted by Crippen LogP contribution is -2.35. The number of amidine groups is 2. The van der Waals surface area contributed by atoms with Crippen LogP contribution in [0.3, 0.4) is 0 Å². The third kappa shape index (κ3) is 4.42. The van der Waals surface area contributed by atoms with E-state index in [0.29, 0.717) is 32.9 Å². The summed E-state index contributed by atoms with van der Waals surface area (Å²) in [6.07, 6.45) is 1.58. The molecule has 0 saturated heterocycles. The average Bonchev–Trinajstić information content (AvgIpc) is 3.44. The molecule has 0 saturated carbocycles. The van der Waals surface area contributed by atoms with E-state index >= 15 is 0 Å². The standard InChI is InChI=1S/C23H21N7O4S2/c1-11(2)21-28-30-19(24)15(20(32)26-23(30)36-21)7-13-5-6-16(17(8-13)33-4)34-10-14-9-18(31)29-22(25-14)35-12(3)27-29/h5-9,11,24H,10H2,1-4H3/b15-7-,24-19?. The van der Waals surface area contributed by atoms with Crippen LogP contribution in [0, 0.1) is 18.3 Å². The maximum absolute atomic E-state index is 12.6. The maximum atomic E-state index is 12.6. The minimum Gasteiger partial charge on any atom is -0.493 e. The highest BCUT2D eigenvalue weighted by Gasteiger charge is 2.36. The molecule has 11 nitrogen and oxygen atoms in total. The van der Waals surface area contributed by atoms with Gasteiger partial charge >= 0.3 is 0 Å². The second-order valence-electron chi connectivity index (χ2n) is 8.21. The largest absolute Gasteiger partial charge is 0.493 e. The number of aromatic nitrogens is 3. The van der Waals surface area contributed by atoms with Crippen LogP contribution in [0.2, 0.25) is 0 Å². The van der Waals surface area contributed by atoms with Crippen molar-refractivity contribution in [1.29, 1.82) is 5.41 Å². The van der Waals surface area contributed by atoms with Gasteiger partial charge in [-0.3, -0.25) is 15.0 Å². The van der Waals surface area contributed by atoms with E-state index < -0.39 is 5.91 Å². The van der Waals surface area contributed by atoms with Crippen LogP contribution < -0.4 is 15.0 Å². The molecule has 0 unspecified atom stereocenters. The van der Waals surface area contributed by atoms with Crippen LogP contribution in [0.1, 0.15) is 30.1 Å². The van der Waals surface area contributed by atoms with Gasteiger partial charge in [0.2, 0.25) is 10.1 Å². The zero-order chi connectivity index (χ0) is 25.6. The summed E-state index contributed by atoms with van der Waals surface area (Å²) >= 11 is 2.63. The molecule has 0 radical (unpaired) electrons. The Morgan fingerprint density at radius 1 is 1.19 bits per heavy atom. The fraction of sp³-hybridized carbons (Fsp3) is 0.261. The number of aryl methyl sites for hydroxylation is 1. The third-order valence-electron chi connectivity index (χ3n) is 5.24. The Hall–Kier alpha value is -3.84. The van der Waals surface area contributed by atoms with Crippen LogP contribution in [0.15, 0.2) is 44.7 Å². The number of ether oxygens (including phenoxy) is 2. The van der Waals surface area contributed by atoms with Gasteiger partial charge in [0, 0.05) is 12.0 Å². The molecule has 0 fully saturated rings. The van der Waals surface area contributed by atoms with Crippen molar-refractivity contribution < 1.29 is 14.3 Å². The fourth-order valence-electron chi connectivity index (χ4n) is 3.48. The smallest absolute Gasteiger partial charge is 0.283 e. The van der Waals surface area contributed by atoms with Crippen LogP contribution in [0.4, 0.5) is 0 Å². The molecular formula is C23H21N7O4S2. The van der Waals surface area contributed by atoms with Crippen LogP contribution in [0.5, 0.6) is 11.5 Å². The van der Waals surface area contributed by atoms with Crippen molar-refractivity contribution in [3.63, 3.8) is 0 Å². The molecule has 2 aliphatic rings. The molecule has 0 spiro atoms. The van der Waals surface area contributed by atoms with Gasteiger partial charge in [-0.25, -0.2) is 4.98 Å². The van der Waals surface area contributed by atoms with Crippen LogP contribution in [0.25, 0.3) is 11.0 Å². The first kappa shape index (κ1) is 23.9. The number of carbonyl (C=O) groups is 1. The summed E-state index contributed by atoms with van der Waals surface area (Å²) in [5.74, 6) is 0.502. The van der Waals surface area contributed by atoms with E-state index in [9.17, 15) is 9.59 Å². The fourth-order valence-corrected chi connectivity index (χ4v) is 5.14. The second kappa shape index (κ2) is 9.32. The Labute approximate surface area is 213 Å². The van der Waals surface area contributed by atoms with Crippen molar-refractivity contribution >= 4 is 56.1 Å². The molecule has 2 aromatic heterocycles. The SMILES string of the molecule is COc1cc(/C=C2/C(=N)N3N=C(C(C)C)SC3=NC2=O)ccc1OCc1cc(=O)n2nc(C)sc2n1. The molecule has 13 heteroatoms. The number of carbonyl (C=O) groups excluding carboxylic acids is 1. The topological polar surface area (TPSA) is 135 Å². The summed E-state index contributed by atoms with van der Waals surface area (Å²) in [5.41, 5.74) is 0.950. The van der Waals surface area contributed by atoms with Crippen molar-refractivity contribution in [3.8, 4) is 11.5 Å². The Morgan fingerprint density at radius 3 is 2.75 bits per heavy atom. The second-order valence-corrected chi connectivity index (χ2v) is 10.4. The van der Waals surface area contributed by atoms with E-state index in [0.717, 1.165) is 10.1 Å². The number of rotatable bonds is 6. The van der Waals surface area contributed by atoms with E-state index in [1.54, 1.807) is 24.3 Å². The van der Waals surface area contributed by atoms with E-state index in [1.165, 1.54) is 45.8 Å². The number of fused-ring (bicyclic) bond motifs is 2. The van der Waals surface area contributed by atoms with Crippen molar-refractivity contribution in [2.24, 2.45) is 16.0 Å². The van der Waals surface area contributed by atoms with Crippen molar-refractivity contribution in [2.45, 2.75) is 27.4 Å². The summed E-state index contributed by atoms with van der Waals surface area (Å²) in [5, 5.41) is 20.4. The number of thioether (sulfide) groups is 1. The monoisotopic (exact) mass is 523 g/mol. The number of hydrazone groups is 1. The number of nitrogens with zero attached hydrogens (tertiary/aromatic N) is 6. The Morgan fingerprint density at radius 2 is 2.00 bits per heavy atom. The van der Waals surface area contributed by atoms with E-state index in [1.807, 2.05) is 20.8 Å². The van der Waals surface area contributed by atoms with E-state index in [2.05, 4.69) is 20.2 Å². The zero-order valence-electron chi connectivity index (χ0n) is 19.8. The van der Waals surface area contributed by atoms with Gasteiger partial charge in [0.1, 0.15) is 16.7 Å². The normalized spacial score (nSPS) is 16.6. The molecule has 0 aliphatic carbocycles. The highest BCUT2D eigenvalue weighted by Crippen LogP contribution is 2.33. The highest BCUT2D eigenvalue weighted by molar-refractivity contribution is 8.27. The average molecular weight is 524 g/mol. The number of hydrogen-bond donors (Lipinski definition) is 1. The molecule has 184 valence electrons. The van der Waals surface area contributed by atoms with Gasteiger partial charge in [-0.2, -0.15) is 24.7 Å². The number of methoxy groups -OCH3 is 1. The van der Waals surface area contributed by atoms with Crippen LogP contribution in [-0.2, 0) is 11.4 Å². The quantitative estimate of drug-likeness (QED) is 0.486. The van der Waals surface area contributed by atoms with Gasteiger partial charge in [0.05, 0.1) is 18.4 Å². The summed E-state index contributed by atoms with van der Waals surface area (Å²) in [7, 11) is 1.50. The first-order chi connectivity index (χ1) is 17.2. The van der Waals surface area contributed by atoms with E-state index in [-0.39, 0.29) is 29.5 Å². The van der Waals surface area contributed by atoms with Gasteiger partial charge in [-0.05, 0) is 42.5 Å². The minimum atomic E-state index is -0.496. The first-order valence-corrected chi connectivity index (χ1v) is 12.5. The van der Waals surface area contributed by atoms with Crippen molar-refractivity contribution in [2.75, 3.05) is 7.11 Å². The molecule has 2 aliphatic heterocycles. The number of hydrogen-bond acceptors (Lipinski definition) is 10. The molecule has 1 N–H and O–H groups in total. The van der Waals surface area contributed by atoms with Gasteiger partial charge in [-0.1, -0.05) is 31.3 Å². The lowest BCUT2D eigenvalue weighted by molar-refractivity contribution is -0.114. The lowest BCUT2D eigenvalue weighted by Gasteiger charge is -2.20. The number of nitrogens with one attached hydrogen (secondary N) is 1. The van der Waals surface area contributed by atoms with Crippen LogP contribution >= 0.6 is 23.1 Å². The molecule has 3 aromatic rings. The molecule has 1 aromatic carbocycles. The Kier molecular flexibility index (Phi) is 6.18. The Balaban J connectivity index is 1.37. The predicted molar refractivity (Wildman–Crippen MR) is 139 cm³/mol. The molecule has 36 heavy (non-hydrogen) atoms. The molecular weight excluding hydrogens is 502 g/mol. The van der Waals surface area contributed by atoms with Gasteiger partial charge in [0.25, 0.3) is 11.5 Å². The molecule has 0 bridgehead atoms. The van der Waals surface area contributed by atoms with Crippen LogP contribution in [-0.4, -0.2) is 48.7 Å². The predicted octanol–water partition coefficient (Wildman–Crippen LogP) is 3.32. The number of benzene rings is 1. The maximum Gasteiger partial charge on any atom is 0.283 e. The zero-order valence-corrected chi connectivity index (χ0v) is 21.4. The molecule has 0 atom stereocenters. The number of aliphatic imine (C=N–C) groups is 1. The summed E-state index contributed by atoms with van der Waals surface area (Å²) in [6.45, 7) is 5.86. The lowest BCUT2D eigenvalue weighted by atomic mass is 10.1.